The van der Waals surface area contributed by atoms with Gasteiger partial charge >= 0.3 is 0 Å². The third kappa shape index (κ3) is 3.33. The molecule has 7 heteroatoms. The molecule has 2 aromatic rings. The van der Waals surface area contributed by atoms with Crippen molar-refractivity contribution in [2.45, 2.75) is 19.4 Å². The molecule has 3 N–H and O–H groups in total. The number of hydrogen-bond acceptors (Lipinski definition) is 6. The molecule has 0 spiro atoms. The lowest BCUT2D eigenvalue weighted by molar-refractivity contribution is 0.881. The van der Waals surface area contributed by atoms with Crippen molar-refractivity contribution >= 4 is 29.4 Å². The SMILES string of the molecule is Nc1nc(NCc2ccccc2Cl)nc(N2CCCC2)n1. The molecule has 1 aliphatic heterocycles. The number of benzene rings is 1. The summed E-state index contributed by atoms with van der Waals surface area (Å²) < 4.78 is 0. The Labute approximate surface area is 128 Å². The maximum Gasteiger partial charge on any atom is 0.231 e. The quantitative estimate of drug-likeness (QED) is 0.902. The molecular weight excluding hydrogens is 288 g/mol. The molecule has 0 amide bonds. The number of nitrogen functional groups attached to an aromatic ring is 1. The predicted molar refractivity (Wildman–Crippen MR) is 84.5 cm³/mol. The van der Waals surface area contributed by atoms with Crippen molar-refractivity contribution in [1.29, 1.82) is 0 Å². The average Bonchev–Trinajstić information content (AvgIpc) is 3.00. The summed E-state index contributed by atoms with van der Waals surface area (Å²) in [6, 6.07) is 7.66. The van der Waals surface area contributed by atoms with E-state index in [1.54, 1.807) is 0 Å². The highest BCUT2D eigenvalue weighted by Gasteiger charge is 2.16. The van der Waals surface area contributed by atoms with Crippen LogP contribution in [0.2, 0.25) is 5.02 Å². The van der Waals surface area contributed by atoms with E-state index in [0.29, 0.717) is 23.5 Å². The minimum Gasteiger partial charge on any atom is -0.368 e. The van der Waals surface area contributed by atoms with Crippen LogP contribution in [0.25, 0.3) is 0 Å². The van der Waals surface area contributed by atoms with E-state index in [1.807, 2.05) is 24.3 Å². The van der Waals surface area contributed by atoms with Crippen LogP contribution in [-0.2, 0) is 6.54 Å². The van der Waals surface area contributed by atoms with Crippen molar-refractivity contribution < 1.29 is 0 Å². The third-order valence-electron chi connectivity index (χ3n) is 3.42. The lowest BCUT2D eigenvalue weighted by atomic mass is 10.2. The molecule has 21 heavy (non-hydrogen) atoms. The first-order valence-electron chi connectivity index (χ1n) is 6.96. The predicted octanol–water partition coefficient (Wildman–Crippen LogP) is 2.32. The molecule has 0 bridgehead atoms. The van der Waals surface area contributed by atoms with Gasteiger partial charge in [0.05, 0.1) is 0 Å². The lowest BCUT2D eigenvalue weighted by Gasteiger charge is -2.16. The molecule has 110 valence electrons. The summed E-state index contributed by atoms with van der Waals surface area (Å²) in [5.41, 5.74) is 6.76. The largest absolute Gasteiger partial charge is 0.368 e. The second-order valence-corrected chi connectivity index (χ2v) is 5.36. The highest BCUT2D eigenvalue weighted by Crippen LogP contribution is 2.19. The second-order valence-electron chi connectivity index (χ2n) is 4.96. The first-order valence-corrected chi connectivity index (χ1v) is 7.34. The molecule has 1 aromatic heterocycles. The molecule has 3 rings (SSSR count). The first-order chi connectivity index (χ1) is 10.2. The van der Waals surface area contributed by atoms with Crippen molar-refractivity contribution in [2.75, 3.05) is 29.0 Å². The number of aromatic nitrogens is 3. The minimum absolute atomic E-state index is 0.230. The number of rotatable bonds is 4. The number of nitrogens with one attached hydrogen (secondary N) is 1. The van der Waals surface area contributed by atoms with Crippen LogP contribution in [0.5, 0.6) is 0 Å². The topological polar surface area (TPSA) is 80.0 Å². The van der Waals surface area contributed by atoms with Crippen LogP contribution in [0.4, 0.5) is 17.8 Å². The van der Waals surface area contributed by atoms with Gasteiger partial charge in [-0.3, -0.25) is 0 Å². The monoisotopic (exact) mass is 304 g/mol. The molecule has 1 aromatic carbocycles. The maximum absolute atomic E-state index is 6.13. The van der Waals surface area contributed by atoms with Crippen molar-refractivity contribution in [3.63, 3.8) is 0 Å². The maximum atomic E-state index is 6.13. The summed E-state index contributed by atoms with van der Waals surface area (Å²) in [5, 5.41) is 3.87. The Kier molecular flexibility index (Phi) is 4.06. The molecule has 1 fully saturated rings. The van der Waals surface area contributed by atoms with Crippen molar-refractivity contribution in [3.8, 4) is 0 Å². The highest BCUT2D eigenvalue weighted by molar-refractivity contribution is 6.31. The van der Waals surface area contributed by atoms with Gasteiger partial charge in [0.15, 0.2) is 0 Å². The van der Waals surface area contributed by atoms with Gasteiger partial charge in [-0.25, -0.2) is 0 Å². The van der Waals surface area contributed by atoms with E-state index in [1.165, 1.54) is 0 Å². The van der Waals surface area contributed by atoms with E-state index >= 15 is 0 Å². The van der Waals surface area contributed by atoms with Gasteiger partial charge in [0.1, 0.15) is 0 Å². The fraction of sp³-hybridized carbons (Fsp3) is 0.357. The first kappa shape index (κ1) is 13.9. The van der Waals surface area contributed by atoms with Gasteiger partial charge in [-0.2, -0.15) is 15.0 Å². The zero-order valence-electron chi connectivity index (χ0n) is 11.6. The van der Waals surface area contributed by atoms with Crippen LogP contribution >= 0.6 is 11.6 Å². The van der Waals surface area contributed by atoms with Gasteiger partial charge < -0.3 is 16.0 Å². The molecule has 2 heterocycles. The molecule has 0 atom stereocenters. The summed E-state index contributed by atoms with van der Waals surface area (Å²) in [6.07, 6.45) is 2.32. The van der Waals surface area contributed by atoms with Crippen LogP contribution in [0.1, 0.15) is 18.4 Å². The zero-order valence-corrected chi connectivity index (χ0v) is 12.3. The fourth-order valence-corrected chi connectivity index (χ4v) is 2.54. The highest BCUT2D eigenvalue weighted by atomic mass is 35.5. The van der Waals surface area contributed by atoms with Crippen molar-refractivity contribution in [3.05, 3.63) is 34.9 Å². The summed E-state index contributed by atoms with van der Waals surface area (Å²) in [4.78, 5) is 14.9. The minimum atomic E-state index is 0.230. The molecule has 1 aliphatic rings. The van der Waals surface area contributed by atoms with Crippen LogP contribution in [0, 0.1) is 0 Å². The number of nitrogens with zero attached hydrogens (tertiary/aromatic N) is 4. The number of hydrogen-bond donors (Lipinski definition) is 2. The van der Waals surface area contributed by atoms with Gasteiger partial charge in [0.25, 0.3) is 0 Å². The Morgan fingerprint density at radius 3 is 2.67 bits per heavy atom. The van der Waals surface area contributed by atoms with Crippen LogP contribution in [0.3, 0.4) is 0 Å². The Hall–Kier alpha value is -2.08. The van der Waals surface area contributed by atoms with Gasteiger partial charge in [-0.1, -0.05) is 29.8 Å². The van der Waals surface area contributed by atoms with Crippen LogP contribution in [-0.4, -0.2) is 28.0 Å². The lowest BCUT2D eigenvalue weighted by Crippen LogP contribution is -2.22. The summed E-state index contributed by atoms with van der Waals surface area (Å²) in [6.45, 7) is 2.48. The van der Waals surface area contributed by atoms with E-state index in [0.717, 1.165) is 31.5 Å². The normalized spacial score (nSPS) is 14.4. The number of nitrogens with two attached hydrogens (primary N) is 1. The molecule has 0 aliphatic carbocycles. The van der Waals surface area contributed by atoms with Crippen LogP contribution < -0.4 is 16.0 Å². The standard InChI is InChI=1S/C14H17ClN6/c15-11-6-2-1-5-10(11)9-17-13-18-12(16)19-14(20-13)21-7-3-4-8-21/h1-2,5-6H,3-4,7-9H2,(H3,16,17,18,19,20). The molecule has 0 unspecified atom stereocenters. The third-order valence-corrected chi connectivity index (χ3v) is 3.79. The Morgan fingerprint density at radius 1 is 1.14 bits per heavy atom. The van der Waals surface area contributed by atoms with Gasteiger partial charge in [-0.05, 0) is 24.5 Å². The summed E-state index contributed by atoms with van der Waals surface area (Å²) in [5.74, 6) is 1.35. The summed E-state index contributed by atoms with van der Waals surface area (Å²) >= 11 is 6.13. The zero-order chi connectivity index (χ0) is 14.7. The molecule has 0 saturated carbocycles. The number of anilines is 3. The Bertz CT molecular complexity index is 627. The molecule has 6 nitrogen and oxygen atoms in total. The van der Waals surface area contributed by atoms with Crippen LogP contribution in [0.15, 0.2) is 24.3 Å². The van der Waals surface area contributed by atoms with E-state index < -0.39 is 0 Å². The molecule has 1 saturated heterocycles. The number of halogens is 1. The van der Waals surface area contributed by atoms with E-state index in [4.69, 9.17) is 17.3 Å². The van der Waals surface area contributed by atoms with Crippen molar-refractivity contribution in [2.24, 2.45) is 0 Å². The summed E-state index contributed by atoms with van der Waals surface area (Å²) in [7, 11) is 0. The Morgan fingerprint density at radius 2 is 1.90 bits per heavy atom. The van der Waals surface area contributed by atoms with Gasteiger partial charge in [-0.15, -0.1) is 0 Å². The van der Waals surface area contributed by atoms with E-state index in [9.17, 15) is 0 Å². The van der Waals surface area contributed by atoms with Crippen molar-refractivity contribution in [1.82, 2.24) is 15.0 Å². The molecule has 0 radical (unpaired) electrons. The average molecular weight is 305 g/mol. The Balaban J connectivity index is 1.74. The van der Waals surface area contributed by atoms with E-state index in [-0.39, 0.29) is 5.95 Å². The smallest absolute Gasteiger partial charge is 0.231 e. The fourth-order valence-electron chi connectivity index (χ4n) is 2.33. The molecular formula is C14H17ClN6. The van der Waals surface area contributed by atoms with Gasteiger partial charge in [0.2, 0.25) is 17.8 Å². The second kappa shape index (κ2) is 6.13. The van der Waals surface area contributed by atoms with E-state index in [2.05, 4.69) is 25.2 Å². The van der Waals surface area contributed by atoms with Gasteiger partial charge in [0, 0.05) is 24.7 Å².